The van der Waals surface area contributed by atoms with Crippen molar-refractivity contribution in [1.82, 2.24) is 15.5 Å². The number of rotatable bonds is 6. The van der Waals surface area contributed by atoms with Crippen molar-refractivity contribution in [3.8, 4) is 11.5 Å². The van der Waals surface area contributed by atoms with Crippen LogP contribution in [0.25, 0.3) is 0 Å². The highest BCUT2D eigenvalue weighted by molar-refractivity contribution is 5.81. The van der Waals surface area contributed by atoms with E-state index >= 15 is 0 Å². The largest absolute Gasteiger partial charge is 0.488 e. The van der Waals surface area contributed by atoms with Crippen LogP contribution >= 0.6 is 0 Å². The van der Waals surface area contributed by atoms with Crippen molar-refractivity contribution in [3.63, 3.8) is 0 Å². The minimum Gasteiger partial charge on any atom is -0.488 e. The zero-order chi connectivity index (χ0) is 21.0. The number of amides is 1. The van der Waals surface area contributed by atoms with E-state index in [1.165, 1.54) is 5.56 Å². The van der Waals surface area contributed by atoms with Gasteiger partial charge in [0.25, 0.3) is 0 Å². The van der Waals surface area contributed by atoms with Gasteiger partial charge in [-0.2, -0.15) is 0 Å². The number of carbonyl (C=O) groups excluding carboxylic acids is 1. The van der Waals surface area contributed by atoms with Crippen LogP contribution < -0.4 is 20.1 Å². The van der Waals surface area contributed by atoms with Crippen LogP contribution in [0.2, 0.25) is 0 Å². The van der Waals surface area contributed by atoms with E-state index in [0.29, 0.717) is 13.2 Å². The second kappa shape index (κ2) is 8.93. The van der Waals surface area contributed by atoms with Gasteiger partial charge in [0.05, 0.1) is 6.54 Å². The van der Waals surface area contributed by atoms with Gasteiger partial charge in [-0.15, -0.1) is 0 Å². The van der Waals surface area contributed by atoms with Crippen molar-refractivity contribution < 1.29 is 14.3 Å². The summed E-state index contributed by atoms with van der Waals surface area (Å²) >= 11 is 0. The minimum atomic E-state index is -0.182. The van der Waals surface area contributed by atoms with Gasteiger partial charge >= 0.3 is 0 Å². The second-order valence-electron chi connectivity index (χ2n) is 8.70. The number of aliphatic imine (C=N–C) groups is 1. The van der Waals surface area contributed by atoms with E-state index in [0.717, 1.165) is 43.4 Å². The molecule has 2 heterocycles. The molecule has 160 valence electrons. The normalized spacial score (nSPS) is 20.4. The summed E-state index contributed by atoms with van der Waals surface area (Å²) in [5.41, 5.74) is 1.01. The molecule has 0 bridgehead atoms. The van der Waals surface area contributed by atoms with Gasteiger partial charge in [-0.3, -0.25) is 9.79 Å². The number of hydrogen-bond donors (Lipinski definition) is 2. The van der Waals surface area contributed by atoms with Gasteiger partial charge in [0, 0.05) is 44.1 Å². The van der Waals surface area contributed by atoms with E-state index in [2.05, 4.69) is 35.5 Å². The summed E-state index contributed by atoms with van der Waals surface area (Å²) in [6, 6.07) is 6.27. The first kappa shape index (κ1) is 21.3. The van der Waals surface area contributed by atoms with Crippen molar-refractivity contribution in [2.45, 2.75) is 52.2 Å². The molecule has 1 atom stereocenters. The number of guanidine groups is 1. The molecule has 0 saturated carbocycles. The summed E-state index contributed by atoms with van der Waals surface area (Å²) in [5.74, 6) is 2.63. The predicted molar refractivity (Wildman–Crippen MR) is 115 cm³/mol. The number of ether oxygens (including phenoxy) is 2. The number of hydrogen-bond acceptors (Lipinski definition) is 4. The Hall–Kier alpha value is -2.44. The van der Waals surface area contributed by atoms with Crippen molar-refractivity contribution in [2.24, 2.45) is 10.9 Å². The topological polar surface area (TPSA) is 75.2 Å². The zero-order valence-electron chi connectivity index (χ0n) is 18.2. The van der Waals surface area contributed by atoms with E-state index in [1.807, 2.05) is 30.9 Å². The molecule has 7 nitrogen and oxygen atoms in total. The number of fused-ring (bicyclic) bond motifs is 1. The van der Waals surface area contributed by atoms with Crippen molar-refractivity contribution >= 4 is 11.9 Å². The number of benzene rings is 1. The molecule has 1 fully saturated rings. The Bertz CT molecular complexity index is 760. The van der Waals surface area contributed by atoms with Gasteiger partial charge in [-0.05, 0) is 26.3 Å². The molecular formula is C22H34N4O3. The second-order valence-corrected chi connectivity index (χ2v) is 8.70. The summed E-state index contributed by atoms with van der Waals surface area (Å²) in [4.78, 5) is 18.4. The fourth-order valence-corrected chi connectivity index (χ4v) is 3.86. The SMILES string of the molecule is CN=C(NCCOc1cccc2c1OC(C)(C)C2)NC1CCN(C(=O)C(C)C)C1. The molecule has 0 aliphatic carbocycles. The summed E-state index contributed by atoms with van der Waals surface area (Å²) < 4.78 is 12.0. The van der Waals surface area contributed by atoms with Gasteiger partial charge < -0.3 is 25.0 Å². The molecule has 1 aromatic carbocycles. The lowest BCUT2D eigenvalue weighted by Gasteiger charge is -2.20. The maximum Gasteiger partial charge on any atom is 0.225 e. The molecule has 2 aliphatic rings. The van der Waals surface area contributed by atoms with E-state index in [1.54, 1.807) is 7.05 Å². The molecule has 3 rings (SSSR count). The van der Waals surface area contributed by atoms with Crippen LogP contribution in [-0.2, 0) is 11.2 Å². The van der Waals surface area contributed by atoms with Crippen LogP contribution in [0.3, 0.4) is 0 Å². The first-order valence-electron chi connectivity index (χ1n) is 10.5. The van der Waals surface area contributed by atoms with Crippen LogP contribution in [0.15, 0.2) is 23.2 Å². The van der Waals surface area contributed by atoms with Gasteiger partial charge in [-0.1, -0.05) is 26.0 Å². The van der Waals surface area contributed by atoms with Crippen LogP contribution in [0.1, 0.15) is 39.7 Å². The molecule has 1 aromatic rings. The van der Waals surface area contributed by atoms with Gasteiger partial charge in [0.1, 0.15) is 12.2 Å². The number of nitrogens with one attached hydrogen (secondary N) is 2. The molecule has 2 aliphatic heterocycles. The molecular weight excluding hydrogens is 368 g/mol. The number of carbonyl (C=O) groups is 1. The molecule has 0 aromatic heterocycles. The summed E-state index contributed by atoms with van der Waals surface area (Å²) in [6.45, 7) is 10.7. The van der Waals surface area contributed by atoms with E-state index in [-0.39, 0.29) is 23.5 Å². The van der Waals surface area contributed by atoms with Gasteiger partial charge in [0.2, 0.25) is 5.91 Å². The van der Waals surface area contributed by atoms with Crippen molar-refractivity contribution in [1.29, 1.82) is 0 Å². The number of likely N-dealkylation sites (tertiary alicyclic amines) is 1. The van der Waals surface area contributed by atoms with E-state index < -0.39 is 0 Å². The standard InChI is InChI=1S/C22H34N4O3/c1-15(2)20(27)26-11-9-17(14-26)25-21(23-5)24-10-12-28-18-8-6-7-16-13-22(3,4)29-19(16)18/h6-8,15,17H,9-14H2,1-5H3,(H2,23,24,25). The maximum absolute atomic E-state index is 12.1. The summed E-state index contributed by atoms with van der Waals surface area (Å²) in [5, 5.41) is 6.69. The highest BCUT2D eigenvalue weighted by Gasteiger charge is 2.32. The van der Waals surface area contributed by atoms with Crippen molar-refractivity contribution in [3.05, 3.63) is 23.8 Å². The molecule has 1 amide bonds. The maximum atomic E-state index is 12.1. The lowest BCUT2D eigenvalue weighted by atomic mass is 10.0. The van der Waals surface area contributed by atoms with Gasteiger partial charge in [-0.25, -0.2) is 0 Å². The molecule has 1 saturated heterocycles. The Kier molecular flexibility index (Phi) is 6.55. The molecule has 7 heteroatoms. The van der Waals surface area contributed by atoms with Crippen molar-refractivity contribution in [2.75, 3.05) is 33.3 Å². The average Bonchev–Trinajstić information content (AvgIpc) is 3.26. The Morgan fingerprint density at radius 3 is 2.93 bits per heavy atom. The zero-order valence-corrected chi connectivity index (χ0v) is 18.2. The third-order valence-corrected chi connectivity index (χ3v) is 5.27. The van der Waals surface area contributed by atoms with Crippen LogP contribution in [-0.4, -0.2) is 61.7 Å². The Balaban J connectivity index is 1.43. The highest BCUT2D eigenvalue weighted by atomic mass is 16.5. The van der Waals surface area contributed by atoms with E-state index in [9.17, 15) is 4.79 Å². The summed E-state index contributed by atoms with van der Waals surface area (Å²) in [7, 11) is 1.75. The lowest BCUT2D eigenvalue weighted by Crippen LogP contribution is -2.46. The van der Waals surface area contributed by atoms with Crippen LogP contribution in [0.4, 0.5) is 0 Å². The van der Waals surface area contributed by atoms with Crippen LogP contribution in [0.5, 0.6) is 11.5 Å². The molecule has 1 unspecified atom stereocenters. The first-order chi connectivity index (χ1) is 13.8. The molecule has 29 heavy (non-hydrogen) atoms. The smallest absolute Gasteiger partial charge is 0.225 e. The average molecular weight is 403 g/mol. The predicted octanol–water partition coefficient (Wildman–Crippen LogP) is 2.20. The van der Waals surface area contributed by atoms with Crippen LogP contribution in [0, 0.1) is 5.92 Å². The lowest BCUT2D eigenvalue weighted by molar-refractivity contribution is -0.133. The monoisotopic (exact) mass is 402 g/mol. The number of nitrogens with zero attached hydrogens (tertiary/aromatic N) is 2. The Morgan fingerprint density at radius 2 is 2.21 bits per heavy atom. The third-order valence-electron chi connectivity index (χ3n) is 5.27. The first-order valence-corrected chi connectivity index (χ1v) is 10.5. The summed E-state index contributed by atoms with van der Waals surface area (Å²) in [6.07, 6.45) is 1.82. The fourth-order valence-electron chi connectivity index (χ4n) is 3.86. The number of para-hydroxylation sites is 1. The third kappa shape index (κ3) is 5.34. The van der Waals surface area contributed by atoms with Gasteiger partial charge in [0.15, 0.2) is 17.5 Å². The molecule has 0 radical (unpaired) electrons. The molecule has 2 N–H and O–H groups in total. The Labute approximate surface area is 173 Å². The van der Waals surface area contributed by atoms with E-state index in [4.69, 9.17) is 9.47 Å². The molecule has 0 spiro atoms. The highest BCUT2D eigenvalue weighted by Crippen LogP contribution is 2.41. The Morgan fingerprint density at radius 1 is 1.41 bits per heavy atom. The quantitative estimate of drug-likeness (QED) is 0.433. The minimum absolute atomic E-state index is 0.0392. The fraction of sp³-hybridized carbons (Fsp3) is 0.636.